The van der Waals surface area contributed by atoms with E-state index in [0.717, 1.165) is 5.56 Å². The van der Waals surface area contributed by atoms with Gasteiger partial charge in [-0.15, -0.1) is 0 Å². The van der Waals surface area contributed by atoms with Crippen LogP contribution in [0.2, 0.25) is 0 Å². The van der Waals surface area contributed by atoms with Crippen LogP contribution in [0.3, 0.4) is 0 Å². The molecule has 0 aliphatic rings. The molecule has 0 bridgehead atoms. The average molecular weight is 209 g/mol. The van der Waals surface area contributed by atoms with Gasteiger partial charge in [0.15, 0.2) is 0 Å². The highest BCUT2D eigenvalue weighted by Crippen LogP contribution is 2.10. The van der Waals surface area contributed by atoms with E-state index in [-0.39, 0.29) is 13.5 Å². The molecule has 0 N–H and O–H groups in total. The fourth-order valence-electron chi connectivity index (χ4n) is 0.645. The minimum absolute atomic E-state index is 0. The van der Waals surface area contributed by atoms with E-state index in [1.807, 2.05) is 19.1 Å². The molecule has 1 atom stereocenters. The minimum Gasteiger partial charge on any atom is -0.237 e. The fourth-order valence-corrected chi connectivity index (χ4v) is 1.30. The van der Waals surface area contributed by atoms with Crippen LogP contribution in [0, 0.1) is 6.92 Å². The van der Waals surface area contributed by atoms with Gasteiger partial charge < -0.3 is 0 Å². The Morgan fingerprint density at radius 2 is 1.73 bits per heavy atom. The molecule has 1 unspecified atom stereocenters. The summed E-state index contributed by atoms with van der Waals surface area (Å²) in [6.45, 7) is 1.97. The van der Waals surface area contributed by atoms with E-state index in [2.05, 4.69) is 0 Å². The van der Waals surface area contributed by atoms with E-state index < -0.39 is 10.0 Å². The number of benzene rings is 1. The van der Waals surface area contributed by atoms with E-state index in [9.17, 15) is 4.21 Å². The molecule has 4 heteroatoms. The van der Waals surface area contributed by atoms with Crippen LogP contribution < -0.4 is 0 Å². The van der Waals surface area contributed by atoms with Gasteiger partial charge in [-0.25, -0.2) is 4.21 Å². The maximum atomic E-state index is 10.6. The molecule has 1 aromatic carbocycles. The predicted octanol–water partition coefficient (Wildman–Crippen LogP) is 2.37. The van der Waals surface area contributed by atoms with Crippen LogP contribution in [0.15, 0.2) is 29.2 Å². The van der Waals surface area contributed by atoms with Gasteiger partial charge in [-0.1, -0.05) is 17.7 Å². The van der Waals surface area contributed by atoms with Crippen LogP contribution >= 0.6 is 24.2 Å². The van der Waals surface area contributed by atoms with Gasteiger partial charge in [0.25, 0.3) is 0 Å². The van der Waals surface area contributed by atoms with E-state index in [4.69, 9.17) is 10.7 Å². The predicted molar refractivity (Wildman–Crippen MR) is 53.8 cm³/mol. The van der Waals surface area contributed by atoms with Crippen molar-refractivity contribution >= 4 is 34.2 Å². The highest BCUT2D eigenvalue weighted by atomic mass is 35.7. The van der Waals surface area contributed by atoms with Gasteiger partial charge >= 0.3 is 0 Å². The van der Waals surface area contributed by atoms with Crippen molar-refractivity contribution in [2.45, 2.75) is 11.8 Å². The van der Waals surface area contributed by atoms with Crippen molar-refractivity contribution in [1.29, 1.82) is 0 Å². The lowest BCUT2D eigenvalue weighted by atomic mass is 10.2. The second-order valence-electron chi connectivity index (χ2n) is 2.04. The summed E-state index contributed by atoms with van der Waals surface area (Å²) in [4.78, 5) is 0.660. The first-order valence-corrected chi connectivity index (χ1v) is 4.82. The number of hydrogen-bond donors (Lipinski definition) is 0. The summed E-state index contributed by atoms with van der Waals surface area (Å²) in [6.07, 6.45) is 0. The number of rotatable bonds is 1. The van der Waals surface area contributed by atoms with Crippen LogP contribution in [-0.4, -0.2) is 4.21 Å². The monoisotopic (exact) mass is 208 g/mol. The maximum Gasteiger partial charge on any atom is 0.147 e. The third-order valence-corrected chi connectivity index (χ3v) is 2.38. The summed E-state index contributed by atoms with van der Waals surface area (Å²) in [5.74, 6) is 0. The molecule has 0 aromatic heterocycles. The van der Waals surface area contributed by atoms with Gasteiger partial charge in [0.2, 0.25) is 0 Å². The van der Waals surface area contributed by atoms with Crippen LogP contribution in [0.1, 0.15) is 5.56 Å². The molecule has 0 heterocycles. The number of hydrogen-bond acceptors (Lipinski definition) is 1. The maximum absolute atomic E-state index is 10.6. The van der Waals surface area contributed by atoms with E-state index >= 15 is 0 Å². The third kappa shape index (κ3) is 3.27. The lowest BCUT2D eigenvalue weighted by molar-refractivity contribution is 0.691. The molecule has 0 radical (unpaired) electrons. The Labute approximate surface area is 80.2 Å². The average Bonchev–Trinajstić information content (AvgIpc) is 1.88. The number of aryl methyl sites for hydroxylation is 1. The molecule has 0 aliphatic carbocycles. The molecule has 11 heavy (non-hydrogen) atoms. The molecule has 62 valence electrons. The standard InChI is InChI=1S/C7H7ClOS.H2S/c1-6-2-4-7(5-3-6)10(8)9;/h2-5H,1H3;1H2. The molecular formula is C7H9ClOS2. The fraction of sp³-hybridized carbons (Fsp3) is 0.143. The Balaban J connectivity index is 0.000001000. The smallest absolute Gasteiger partial charge is 0.147 e. The molecule has 1 nitrogen and oxygen atoms in total. The van der Waals surface area contributed by atoms with Gasteiger partial charge in [0.1, 0.15) is 10.0 Å². The first-order chi connectivity index (χ1) is 4.70. The van der Waals surface area contributed by atoms with Crippen molar-refractivity contribution in [3.05, 3.63) is 29.8 Å². The molecule has 0 saturated heterocycles. The molecule has 1 aromatic rings. The lowest BCUT2D eigenvalue weighted by Gasteiger charge is -1.93. The van der Waals surface area contributed by atoms with Crippen LogP contribution in [0.5, 0.6) is 0 Å². The van der Waals surface area contributed by atoms with Crippen molar-refractivity contribution in [2.24, 2.45) is 0 Å². The van der Waals surface area contributed by atoms with E-state index in [0.29, 0.717) is 4.90 Å². The zero-order valence-corrected chi connectivity index (χ0v) is 8.58. The third-order valence-electron chi connectivity index (χ3n) is 1.21. The Hall–Kier alpha value is 0.01000. The van der Waals surface area contributed by atoms with E-state index in [1.165, 1.54) is 0 Å². The highest BCUT2D eigenvalue weighted by Gasteiger charge is 1.95. The molecular weight excluding hydrogens is 200 g/mol. The second-order valence-corrected chi connectivity index (χ2v) is 3.80. The first-order valence-electron chi connectivity index (χ1n) is 2.85. The first kappa shape index (κ1) is 11.0. The van der Waals surface area contributed by atoms with Crippen LogP contribution in [0.25, 0.3) is 0 Å². The SMILES string of the molecule is Cc1ccc(S(=O)Cl)cc1.S. The molecule has 0 amide bonds. The van der Waals surface area contributed by atoms with Gasteiger partial charge in [0.05, 0.1) is 4.90 Å². The van der Waals surface area contributed by atoms with Crippen molar-refractivity contribution in [3.8, 4) is 0 Å². The van der Waals surface area contributed by atoms with Gasteiger partial charge in [-0.05, 0) is 29.7 Å². The quantitative estimate of drug-likeness (QED) is 0.648. The normalized spacial score (nSPS) is 11.8. The molecule has 1 rings (SSSR count). The van der Waals surface area contributed by atoms with Crippen molar-refractivity contribution in [1.82, 2.24) is 0 Å². The zero-order chi connectivity index (χ0) is 7.56. The summed E-state index contributed by atoms with van der Waals surface area (Å²) in [6, 6.07) is 7.29. The van der Waals surface area contributed by atoms with Crippen molar-refractivity contribution < 1.29 is 4.21 Å². The Bertz CT molecular complexity index is 245. The molecule has 0 spiro atoms. The molecule has 0 aliphatic heterocycles. The largest absolute Gasteiger partial charge is 0.237 e. The van der Waals surface area contributed by atoms with Gasteiger partial charge in [-0.2, -0.15) is 13.5 Å². The summed E-state index contributed by atoms with van der Waals surface area (Å²) in [5, 5.41) is 0. The highest BCUT2D eigenvalue weighted by molar-refractivity contribution is 8.08. The molecule has 0 fully saturated rings. The van der Waals surface area contributed by atoms with Gasteiger partial charge in [0, 0.05) is 0 Å². The lowest BCUT2D eigenvalue weighted by Crippen LogP contribution is -1.80. The number of halogens is 1. The Morgan fingerprint density at radius 3 is 2.09 bits per heavy atom. The van der Waals surface area contributed by atoms with Crippen LogP contribution in [0.4, 0.5) is 0 Å². The zero-order valence-electron chi connectivity index (χ0n) is 6.00. The molecule has 0 saturated carbocycles. The summed E-state index contributed by atoms with van der Waals surface area (Å²) < 4.78 is 10.6. The summed E-state index contributed by atoms with van der Waals surface area (Å²) in [7, 11) is 3.96. The van der Waals surface area contributed by atoms with Crippen LogP contribution in [-0.2, 0) is 10.0 Å². The summed E-state index contributed by atoms with van der Waals surface area (Å²) >= 11 is 0. The van der Waals surface area contributed by atoms with Gasteiger partial charge in [-0.3, -0.25) is 0 Å². The minimum atomic E-state index is -1.36. The second kappa shape index (κ2) is 4.80. The van der Waals surface area contributed by atoms with Crippen molar-refractivity contribution in [2.75, 3.05) is 0 Å². The Kier molecular flexibility index (Phi) is 4.81. The Morgan fingerprint density at radius 1 is 1.27 bits per heavy atom. The summed E-state index contributed by atoms with van der Waals surface area (Å²) in [5.41, 5.74) is 1.14. The topological polar surface area (TPSA) is 17.1 Å². The van der Waals surface area contributed by atoms with Crippen molar-refractivity contribution in [3.63, 3.8) is 0 Å². The van der Waals surface area contributed by atoms with E-state index in [1.54, 1.807) is 12.1 Å².